The number of nitrogens with zero attached hydrogens (tertiary/aromatic N) is 2. The van der Waals surface area contributed by atoms with Crippen molar-refractivity contribution in [2.24, 2.45) is 13.0 Å². The summed E-state index contributed by atoms with van der Waals surface area (Å²) >= 11 is 3.50. The second-order valence-electron chi connectivity index (χ2n) is 5.29. The van der Waals surface area contributed by atoms with Crippen LogP contribution < -0.4 is 5.32 Å². The van der Waals surface area contributed by atoms with Gasteiger partial charge in [-0.1, -0.05) is 15.9 Å². The van der Waals surface area contributed by atoms with Gasteiger partial charge in [0, 0.05) is 42.0 Å². The molecule has 0 spiro atoms. The van der Waals surface area contributed by atoms with E-state index in [4.69, 9.17) is 0 Å². The zero-order chi connectivity index (χ0) is 14.3. The largest absolute Gasteiger partial charge is 0.396 e. The average Bonchev–Trinajstić information content (AvgIpc) is 2.96. The quantitative estimate of drug-likeness (QED) is 0.892. The summed E-state index contributed by atoms with van der Waals surface area (Å²) in [5.41, 5.74) is 1.94. The summed E-state index contributed by atoms with van der Waals surface area (Å²) in [7, 11) is 1.88. The van der Waals surface area contributed by atoms with Crippen LogP contribution in [0.1, 0.15) is 17.9 Å². The number of fused-ring (bicyclic) bond motifs is 1. The van der Waals surface area contributed by atoms with Gasteiger partial charge in [0.05, 0.1) is 12.1 Å². The van der Waals surface area contributed by atoms with Crippen molar-refractivity contribution in [1.29, 1.82) is 0 Å². The van der Waals surface area contributed by atoms with Crippen LogP contribution in [0.25, 0.3) is 10.9 Å². The van der Waals surface area contributed by atoms with Crippen molar-refractivity contribution in [3.63, 3.8) is 0 Å². The molecule has 5 nitrogen and oxygen atoms in total. The Bertz CT molecular complexity index is 668. The SMILES string of the molecule is Cn1cc2c([C@H](CO)[C@@H]3CNC(=O)C3)cc(Br)cc2n1. The van der Waals surface area contributed by atoms with Gasteiger partial charge in [0.15, 0.2) is 0 Å². The minimum atomic E-state index is -0.0573. The zero-order valence-electron chi connectivity index (χ0n) is 11.1. The smallest absolute Gasteiger partial charge is 0.220 e. The molecule has 3 rings (SSSR count). The Labute approximate surface area is 125 Å². The van der Waals surface area contributed by atoms with Gasteiger partial charge >= 0.3 is 0 Å². The third kappa shape index (κ3) is 2.33. The maximum Gasteiger partial charge on any atom is 0.220 e. The van der Waals surface area contributed by atoms with E-state index >= 15 is 0 Å². The van der Waals surface area contributed by atoms with Crippen molar-refractivity contribution in [1.82, 2.24) is 15.1 Å². The molecule has 2 atom stereocenters. The van der Waals surface area contributed by atoms with Crippen LogP contribution in [0.15, 0.2) is 22.8 Å². The van der Waals surface area contributed by atoms with Crippen molar-refractivity contribution >= 4 is 32.7 Å². The predicted molar refractivity (Wildman–Crippen MR) is 79.4 cm³/mol. The number of nitrogens with one attached hydrogen (secondary N) is 1. The van der Waals surface area contributed by atoms with E-state index in [-0.39, 0.29) is 24.3 Å². The van der Waals surface area contributed by atoms with E-state index in [1.54, 1.807) is 4.68 Å². The Kier molecular flexibility index (Phi) is 3.52. The van der Waals surface area contributed by atoms with Crippen LogP contribution in [-0.2, 0) is 11.8 Å². The lowest BCUT2D eigenvalue weighted by molar-refractivity contribution is -0.119. The number of aliphatic hydroxyl groups is 1. The standard InChI is InChI=1S/C14H16BrN3O2/c1-18-6-11-10(3-9(15)4-13(11)17-18)12(7-19)8-2-14(20)16-5-8/h3-4,6,8,12,19H,2,5,7H2,1H3,(H,16,20)/t8-,12+/m0/s1. The molecule has 0 unspecified atom stereocenters. The number of aryl methyl sites for hydroxylation is 1. The summed E-state index contributed by atoms with van der Waals surface area (Å²) in [5.74, 6) is 0.134. The summed E-state index contributed by atoms with van der Waals surface area (Å²) in [6.45, 7) is 0.651. The van der Waals surface area contributed by atoms with Crippen LogP contribution in [-0.4, -0.2) is 33.9 Å². The van der Waals surface area contributed by atoms with Crippen molar-refractivity contribution in [3.8, 4) is 0 Å². The van der Waals surface area contributed by atoms with Crippen molar-refractivity contribution in [2.75, 3.05) is 13.2 Å². The molecule has 0 saturated carbocycles. The highest BCUT2D eigenvalue weighted by molar-refractivity contribution is 9.10. The van der Waals surface area contributed by atoms with Crippen LogP contribution in [0, 0.1) is 5.92 Å². The second-order valence-corrected chi connectivity index (χ2v) is 6.20. The Morgan fingerprint density at radius 2 is 2.40 bits per heavy atom. The zero-order valence-corrected chi connectivity index (χ0v) is 12.7. The summed E-state index contributed by atoms with van der Waals surface area (Å²) in [5, 5.41) is 18.1. The van der Waals surface area contributed by atoms with Gasteiger partial charge < -0.3 is 10.4 Å². The molecule has 0 bridgehead atoms. The molecule has 1 amide bonds. The van der Waals surface area contributed by atoms with E-state index in [0.29, 0.717) is 13.0 Å². The predicted octanol–water partition coefficient (Wildman–Crippen LogP) is 1.55. The summed E-state index contributed by atoms with van der Waals surface area (Å²) < 4.78 is 2.71. The molecule has 1 fully saturated rings. The molecule has 1 aromatic heterocycles. The highest BCUT2D eigenvalue weighted by Gasteiger charge is 2.31. The molecule has 2 heterocycles. The van der Waals surface area contributed by atoms with Gasteiger partial charge in [-0.3, -0.25) is 9.48 Å². The molecule has 106 valence electrons. The van der Waals surface area contributed by atoms with Gasteiger partial charge in [-0.05, 0) is 23.6 Å². The fourth-order valence-corrected chi connectivity index (χ4v) is 3.42. The van der Waals surface area contributed by atoms with Crippen LogP contribution in [0.3, 0.4) is 0 Å². The lowest BCUT2D eigenvalue weighted by atomic mass is 9.84. The number of hydrogen-bond acceptors (Lipinski definition) is 3. The summed E-state index contributed by atoms with van der Waals surface area (Å²) in [6.07, 6.45) is 2.43. The van der Waals surface area contributed by atoms with Crippen LogP contribution in [0.4, 0.5) is 0 Å². The van der Waals surface area contributed by atoms with Crippen molar-refractivity contribution in [3.05, 3.63) is 28.4 Å². The van der Waals surface area contributed by atoms with Gasteiger partial charge in [-0.25, -0.2) is 0 Å². The highest BCUT2D eigenvalue weighted by Crippen LogP contribution is 2.35. The molecule has 1 aliphatic rings. The van der Waals surface area contributed by atoms with E-state index in [2.05, 4.69) is 26.3 Å². The lowest BCUT2D eigenvalue weighted by Gasteiger charge is -2.21. The van der Waals surface area contributed by atoms with Gasteiger partial charge in [0.1, 0.15) is 0 Å². The maximum absolute atomic E-state index is 11.4. The number of halogens is 1. The first-order valence-corrected chi connectivity index (χ1v) is 7.38. The highest BCUT2D eigenvalue weighted by atomic mass is 79.9. The lowest BCUT2D eigenvalue weighted by Crippen LogP contribution is -2.20. The fraction of sp³-hybridized carbons (Fsp3) is 0.429. The molecule has 1 aromatic carbocycles. The first-order chi connectivity index (χ1) is 9.58. The Morgan fingerprint density at radius 1 is 1.60 bits per heavy atom. The number of carbonyl (C=O) groups excluding carboxylic acids is 1. The minimum Gasteiger partial charge on any atom is -0.396 e. The molecule has 1 saturated heterocycles. The van der Waals surface area contributed by atoms with E-state index in [1.165, 1.54) is 0 Å². The normalized spacial score (nSPS) is 20.4. The number of rotatable bonds is 3. The number of amides is 1. The number of hydrogen-bond donors (Lipinski definition) is 2. The Balaban J connectivity index is 2.08. The van der Waals surface area contributed by atoms with Gasteiger partial charge in [-0.2, -0.15) is 5.10 Å². The van der Waals surface area contributed by atoms with E-state index in [0.717, 1.165) is 20.9 Å². The second kappa shape index (κ2) is 5.18. The van der Waals surface area contributed by atoms with E-state index < -0.39 is 0 Å². The minimum absolute atomic E-state index is 0.0279. The van der Waals surface area contributed by atoms with E-state index in [9.17, 15) is 9.90 Å². The third-order valence-electron chi connectivity index (χ3n) is 3.91. The molecule has 0 aliphatic carbocycles. The molecule has 2 N–H and O–H groups in total. The monoisotopic (exact) mass is 337 g/mol. The first kappa shape index (κ1) is 13.6. The topological polar surface area (TPSA) is 67.2 Å². The molecule has 2 aromatic rings. The third-order valence-corrected chi connectivity index (χ3v) is 4.37. The van der Waals surface area contributed by atoms with Crippen LogP contribution >= 0.6 is 15.9 Å². The number of aromatic nitrogens is 2. The summed E-state index contributed by atoms with van der Waals surface area (Å²) in [4.78, 5) is 11.4. The average molecular weight is 338 g/mol. The Morgan fingerprint density at radius 3 is 3.05 bits per heavy atom. The van der Waals surface area contributed by atoms with Crippen molar-refractivity contribution in [2.45, 2.75) is 12.3 Å². The van der Waals surface area contributed by atoms with Crippen LogP contribution in [0.2, 0.25) is 0 Å². The molecule has 20 heavy (non-hydrogen) atoms. The fourth-order valence-electron chi connectivity index (χ4n) is 2.95. The molecular formula is C14H16BrN3O2. The number of benzene rings is 1. The molecular weight excluding hydrogens is 322 g/mol. The van der Waals surface area contributed by atoms with Crippen LogP contribution in [0.5, 0.6) is 0 Å². The van der Waals surface area contributed by atoms with E-state index in [1.807, 2.05) is 25.4 Å². The van der Waals surface area contributed by atoms with Gasteiger partial charge in [-0.15, -0.1) is 0 Å². The first-order valence-electron chi connectivity index (χ1n) is 6.59. The molecule has 0 radical (unpaired) electrons. The number of carbonyl (C=O) groups is 1. The van der Waals surface area contributed by atoms with Gasteiger partial charge in [0.25, 0.3) is 0 Å². The van der Waals surface area contributed by atoms with Gasteiger partial charge in [0.2, 0.25) is 5.91 Å². The van der Waals surface area contributed by atoms with Crippen molar-refractivity contribution < 1.29 is 9.90 Å². The molecule has 1 aliphatic heterocycles. The summed E-state index contributed by atoms with van der Waals surface area (Å²) in [6, 6.07) is 3.99. The number of aliphatic hydroxyl groups excluding tert-OH is 1. The maximum atomic E-state index is 11.4. The molecule has 6 heteroatoms. The Hall–Kier alpha value is -1.40.